The molecule has 0 saturated carbocycles. The largest absolute Gasteiger partial charge is 0.396 e. The third-order valence-electron chi connectivity index (χ3n) is 2.91. The van der Waals surface area contributed by atoms with Gasteiger partial charge in [-0.2, -0.15) is 0 Å². The Bertz CT molecular complexity index is 384. The number of amides is 1. The lowest BCUT2D eigenvalue weighted by molar-refractivity contribution is -0.116. The number of hydrogen-bond donors (Lipinski definition) is 2. The molecule has 0 aliphatic carbocycles. The highest BCUT2D eigenvalue weighted by Gasteiger charge is 2.07. The molecule has 1 aromatic heterocycles. The van der Waals surface area contributed by atoms with E-state index in [2.05, 4.69) is 17.2 Å². The van der Waals surface area contributed by atoms with E-state index < -0.39 is 0 Å². The van der Waals surface area contributed by atoms with Gasteiger partial charge in [0, 0.05) is 31.6 Å². The first-order valence-corrected chi connectivity index (χ1v) is 6.73. The number of nitrogens with one attached hydrogen (secondary N) is 1. The highest BCUT2D eigenvalue weighted by Crippen LogP contribution is 2.09. The number of carbonyl (C=O) groups is 1. The van der Waals surface area contributed by atoms with Crippen molar-refractivity contribution in [2.75, 3.05) is 13.2 Å². The molecule has 104 valence electrons. The van der Waals surface area contributed by atoms with Crippen LogP contribution in [0.4, 0.5) is 0 Å². The van der Waals surface area contributed by atoms with E-state index in [1.165, 1.54) is 6.08 Å². The number of aliphatic hydroxyl groups is 1. The van der Waals surface area contributed by atoms with Crippen molar-refractivity contribution in [1.29, 1.82) is 0 Å². The Morgan fingerprint density at radius 1 is 1.53 bits per heavy atom. The Morgan fingerprint density at radius 3 is 3.00 bits per heavy atom. The van der Waals surface area contributed by atoms with Gasteiger partial charge in [-0.15, -0.1) is 0 Å². The second-order valence-electron chi connectivity index (χ2n) is 4.53. The minimum Gasteiger partial charge on any atom is -0.396 e. The van der Waals surface area contributed by atoms with E-state index in [4.69, 9.17) is 5.11 Å². The summed E-state index contributed by atoms with van der Waals surface area (Å²) in [5, 5.41) is 11.8. The zero-order valence-corrected chi connectivity index (χ0v) is 11.4. The molecule has 0 fully saturated rings. The monoisotopic (exact) mass is 262 g/mol. The van der Waals surface area contributed by atoms with Crippen molar-refractivity contribution < 1.29 is 9.90 Å². The summed E-state index contributed by atoms with van der Waals surface area (Å²) in [7, 11) is 0. The Labute approximate surface area is 114 Å². The van der Waals surface area contributed by atoms with Crippen LogP contribution in [0.3, 0.4) is 0 Å². The Kier molecular flexibility index (Phi) is 7.51. The minimum atomic E-state index is -0.108. The van der Waals surface area contributed by atoms with Crippen LogP contribution in [0.2, 0.25) is 0 Å². The van der Waals surface area contributed by atoms with Crippen molar-refractivity contribution in [3.8, 4) is 0 Å². The average molecular weight is 262 g/mol. The Hall–Kier alpha value is -1.68. The van der Waals surface area contributed by atoms with Gasteiger partial charge in [-0.1, -0.05) is 19.4 Å². The SMILES string of the molecule is CCCC(CCO)CNC(=O)/C=C/c1cccnc1. The third kappa shape index (κ3) is 6.72. The quantitative estimate of drug-likeness (QED) is 0.704. The zero-order chi connectivity index (χ0) is 13.9. The molecular weight excluding hydrogens is 240 g/mol. The number of aliphatic hydroxyl groups excluding tert-OH is 1. The molecule has 4 nitrogen and oxygen atoms in total. The Morgan fingerprint density at radius 2 is 2.37 bits per heavy atom. The molecule has 0 saturated heterocycles. The molecule has 1 aromatic rings. The molecule has 1 unspecified atom stereocenters. The second-order valence-corrected chi connectivity index (χ2v) is 4.53. The molecule has 0 aliphatic rings. The lowest BCUT2D eigenvalue weighted by Crippen LogP contribution is -2.28. The summed E-state index contributed by atoms with van der Waals surface area (Å²) in [6, 6.07) is 3.72. The van der Waals surface area contributed by atoms with E-state index >= 15 is 0 Å². The van der Waals surface area contributed by atoms with E-state index in [-0.39, 0.29) is 12.5 Å². The second kappa shape index (κ2) is 9.28. The molecule has 4 heteroatoms. The van der Waals surface area contributed by atoms with Crippen LogP contribution in [0, 0.1) is 5.92 Å². The number of aromatic nitrogens is 1. The van der Waals surface area contributed by atoms with Crippen molar-refractivity contribution >= 4 is 12.0 Å². The van der Waals surface area contributed by atoms with E-state index in [1.807, 2.05) is 12.1 Å². The molecule has 19 heavy (non-hydrogen) atoms. The van der Waals surface area contributed by atoms with Gasteiger partial charge in [0.05, 0.1) is 0 Å². The first kappa shape index (κ1) is 15.4. The van der Waals surface area contributed by atoms with Gasteiger partial charge in [0.25, 0.3) is 0 Å². The molecule has 0 aliphatic heterocycles. The first-order valence-electron chi connectivity index (χ1n) is 6.73. The van der Waals surface area contributed by atoms with Gasteiger partial charge in [0.2, 0.25) is 5.91 Å². The van der Waals surface area contributed by atoms with Gasteiger partial charge in [0.1, 0.15) is 0 Å². The van der Waals surface area contributed by atoms with Gasteiger partial charge in [-0.3, -0.25) is 9.78 Å². The van der Waals surface area contributed by atoms with Crippen LogP contribution in [-0.4, -0.2) is 29.1 Å². The molecule has 1 rings (SSSR count). The molecule has 1 atom stereocenters. The molecule has 1 heterocycles. The topological polar surface area (TPSA) is 62.2 Å². The molecule has 1 amide bonds. The number of pyridine rings is 1. The molecular formula is C15H22N2O2. The predicted octanol–water partition coefficient (Wildman–Crippen LogP) is 2.01. The highest BCUT2D eigenvalue weighted by molar-refractivity contribution is 5.91. The summed E-state index contributed by atoms with van der Waals surface area (Å²) in [6.45, 7) is 2.89. The zero-order valence-electron chi connectivity index (χ0n) is 11.4. The lowest BCUT2D eigenvalue weighted by Gasteiger charge is -2.14. The smallest absolute Gasteiger partial charge is 0.244 e. The summed E-state index contributed by atoms with van der Waals surface area (Å²) < 4.78 is 0. The first-order chi connectivity index (χ1) is 9.26. The number of hydrogen-bond acceptors (Lipinski definition) is 3. The van der Waals surface area contributed by atoms with Gasteiger partial charge in [0.15, 0.2) is 0 Å². The van der Waals surface area contributed by atoms with E-state index in [1.54, 1.807) is 18.5 Å². The fourth-order valence-corrected chi connectivity index (χ4v) is 1.89. The third-order valence-corrected chi connectivity index (χ3v) is 2.91. The molecule has 0 spiro atoms. The van der Waals surface area contributed by atoms with Gasteiger partial charge in [-0.05, 0) is 36.5 Å². The molecule has 0 radical (unpaired) electrons. The van der Waals surface area contributed by atoms with Crippen molar-refractivity contribution in [2.24, 2.45) is 5.92 Å². The number of rotatable bonds is 8. The molecule has 0 bridgehead atoms. The Balaban J connectivity index is 2.36. The maximum atomic E-state index is 11.6. The summed E-state index contributed by atoms with van der Waals surface area (Å²) in [4.78, 5) is 15.6. The average Bonchev–Trinajstić information content (AvgIpc) is 2.44. The summed E-state index contributed by atoms with van der Waals surface area (Å²) in [5.41, 5.74) is 0.901. The van der Waals surface area contributed by atoms with Crippen molar-refractivity contribution in [2.45, 2.75) is 26.2 Å². The van der Waals surface area contributed by atoms with E-state index in [0.29, 0.717) is 12.5 Å². The fraction of sp³-hybridized carbons (Fsp3) is 0.467. The van der Waals surface area contributed by atoms with Gasteiger partial charge >= 0.3 is 0 Å². The van der Waals surface area contributed by atoms with Crippen LogP contribution < -0.4 is 5.32 Å². The van der Waals surface area contributed by atoms with Crippen molar-refractivity contribution in [3.63, 3.8) is 0 Å². The predicted molar refractivity (Wildman–Crippen MR) is 76.4 cm³/mol. The van der Waals surface area contributed by atoms with Crippen LogP contribution in [0.1, 0.15) is 31.7 Å². The van der Waals surface area contributed by atoms with E-state index in [0.717, 1.165) is 24.8 Å². The molecule has 2 N–H and O–H groups in total. The van der Waals surface area contributed by atoms with Crippen LogP contribution in [0.15, 0.2) is 30.6 Å². The van der Waals surface area contributed by atoms with Gasteiger partial charge < -0.3 is 10.4 Å². The van der Waals surface area contributed by atoms with Crippen LogP contribution in [-0.2, 0) is 4.79 Å². The molecule has 0 aromatic carbocycles. The van der Waals surface area contributed by atoms with Crippen LogP contribution >= 0.6 is 0 Å². The summed E-state index contributed by atoms with van der Waals surface area (Å²) in [5.74, 6) is 0.244. The van der Waals surface area contributed by atoms with Crippen LogP contribution in [0.5, 0.6) is 0 Å². The van der Waals surface area contributed by atoms with Crippen LogP contribution in [0.25, 0.3) is 6.08 Å². The normalized spacial score (nSPS) is 12.5. The maximum absolute atomic E-state index is 11.6. The maximum Gasteiger partial charge on any atom is 0.244 e. The van der Waals surface area contributed by atoms with Gasteiger partial charge in [-0.25, -0.2) is 0 Å². The number of carbonyl (C=O) groups excluding carboxylic acids is 1. The lowest BCUT2D eigenvalue weighted by atomic mass is 10.0. The minimum absolute atomic E-state index is 0.108. The summed E-state index contributed by atoms with van der Waals surface area (Å²) >= 11 is 0. The van der Waals surface area contributed by atoms with Crippen molar-refractivity contribution in [1.82, 2.24) is 10.3 Å². The standard InChI is InChI=1S/C15H22N2O2/c1-2-4-13(8-10-18)12-17-15(19)7-6-14-5-3-9-16-11-14/h3,5-7,9,11,13,18H,2,4,8,10,12H2,1H3,(H,17,19)/b7-6+. The number of nitrogens with zero attached hydrogens (tertiary/aromatic N) is 1. The van der Waals surface area contributed by atoms with E-state index in [9.17, 15) is 4.79 Å². The fourth-order valence-electron chi connectivity index (χ4n) is 1.89. The summed E-state index contributed by atoms with van der Waals surface area (Å²) in [6.07, 6.45) is 9.47. The van der Waals surface area contributed by atoms with Crippen molar-refractivity contribution in [3.05, 3.63) is 36.2 Å². The highest BCUT2D eigenvalue weighted by atomic mass is 16.3.